The van der Waals surface area contributed by atoms with Crippen LogP contribution in [0.2, 0.25) is 5.02 Å². The monoisotopic (exact) mass is 442 g/mol. The summed E-state index contributed by atoms with van der Waals surface area (Å²) in [5.74, 6) is 1.78. The zero-order chi connectivity index (χ0) is 20.8. The quantitative estimate of drug-likeness (QED) is 0.571. The largest absolute Gasteiger partial charge is 0.348 e. The third-order valence-electron chi connectivity index (χ3n) is 6.13. The van der Waals surface area contributed by atoms with E-state index in [0.29, 0.717) is 41.4 Å². The van der Waals surface area contributed by atoms with E-state index in [2.05, 4.69) is 26.1 Å². The Morgan fingerprint density at radius 2 is 1.86 bits per heavy atom. The van der Waals surface area contributed by atoms with Crippen molar-refractivity contribution in [3.05, 3.63) is 34.9 Å². The van der Waals surface area contributed by atoms with E-state index in [1.54, 1.807) is 13.0 Å². The van der Waals surface area contributed by atoms with Crippen molar-refractivity contribution >= 4 is 35.7 Å². The van der Waals surface area contributed by atoms with Crippen LogP contribution < -0.4 is 11.1 Å². The number of nitrogens with one attached hydrogen (secondary N) is 1. The predicted octanol–water partition coefficient (Wildman–Crippen LogP) is 5.32. The second-order valence-electron chi connectivity index (χ2n) is 8.81. The molecule has 0 bridgehead atoms. The highest BCUT2D eigenvalue weighted by Crippen LogP contribution is 2.39. The summed E-state index contributed by atoms with van der Waals surface area (Å²) in [4.78, 5) is 25.3. The number of nitrogens with two attached hydrogens (primary N) is 1. The maximum absolute atomic E-state index is 13.1. The van der Waals surface area contributed by atoms with Crippen LogP contribution in [0.3, 0.4) is 0 Å². The molecule has 5 atom stereocenters. The molecule has 0 saturated heterocycles. The Labute approximate surface area is 186 Å². The summed E-state index contributed by atoms with van der Waals surface area (Å²) in [7, 11) is 0. The maximum Gasteiger partial charge on any atom is 0.237 e. The molecule has 1 aromatic carbocycles. The van der Waals surface area contributed by atoms with Crippen LogP contribution in [0.25, 0.3) is 0 Å². The van der Waals surface area contributed by atoms with E-state index in [-0.39, 0.29) is 30.3 Å². The molecule has 0 unspecified atom stereocenters. The average Bonchev–Trinajstić information content (AvgIpc) is 2.64. The van der Waals surface area contributed by atoms with Gasteiger partial charge >= 0.3 is 0 Å². The van der Waals surface area contributed by atoms with Crippen molar-refractivity contribution in [2.75, 3.05) is 0 Å². The Bertz CT molecular complexity index is 679. The molecule has 0 radical (unpaired) electrons. The average molecular weight is 443 g/mol. The molecule has 6 heteroatoms. The molecule has 4 nitrogen and oxygen atoms in total. The molecule has 1 fully saturated rings. The van der Waals surface area contributed by atoms with Gasteiger partial charge in [-0.05, 0) is 55.6 Å². The molecule has 1 saturated carbocycles. The molecule has 0 aromatic heterocycles. The fourth-order valence-electron chi connectivity index (χ4n) is 4.41. The molecule has 0 spiro atoms. The number of Topliss-reactive ketones (excluding diaryl/α,β-unsaturated/α-hetero) is 1. The van der Waals surface area contributed by atoms with E-state index in [4.69, 9.17) is 17.3 Å². The van der Waals surface area contributed by atoms with Crippen molar-refractivity contribution in [2.24, 2.45) is 29.4 Å². The number of ketones is 1. The molecular weight excluding hydrogens is 407 g/mol. The van der Waals surface area contributed by atoms with Crippen LogP contribution in [-0.4, -0.2) is 17.7 Å². The molecule has 2 rings (SSSR count). The summed E-state index contributed by atoms with van der Waals surface area (Å²) in [6.45, 7) is 8.33. The Balaban J connectivity index is 0.00000420. The fraction of sp³-hybridized carbons (Fsp3) is 0.652. The van der Waals surface area contributed by atoms with Crippen molar-refractivity contribution in [3.8, 4) is 0 Å². The number of halogens is 2. The van der Waals surface area contributed by atoms with Crippen LogP contribution in [-0.2, 0) is 9.59 Å². The van der Waals surface area contributed by atoms with Gasteiger partial charge < -0.3 is 11.1 Å². The van der Waals surface area contributed by atoms with E-state index in [1.165, 1.54) is 6.42 Å². The van der Waals surface area contributed by atoms with E-state index < -0.39 is 6.04 Å². The second-order valence-corrected chi connectivity index (χ2v) is 9.22. The highest BCUT2D eigenvalue weighted by molar-refractivity contribution is 6.31. The van der Waals surface area contributed by atoms with Gasteiger partial charge in [0.15, 0.2) is 0 Å². The minimum absolute atomic E-state index is 0. The number of rotatable bonds is 8. The lowest BCUT2D eigenvalue weighted by atomic mass is 9.68. The Kier molecular flexibility index (Phi) is 10.7. The summed E-state index contributed by atoms with van der Waals surface area (Å²) < 4.78 is 0. The summed E-state index contributed by atoms with van der Waals surface area (Å²) >= 11 is 6.36. The molecule has 3 N–H and O–H groups in total. The van der Waals surface area contributed by atoms with Crippen LogP contribution in [0.1, 0.15) is 71.4 Å². The van der Waals surface area contributed by atoms with E-state index in [1.807, 2.05) is 18.2 Å². The van der Waals surface area contributed by atoms with Crippen LogP contribution >= 0.6 is 24.0 Å². The Morgan fingerprint density at radius 1 is 1.21 bits per heavy atom. The zero-order valence-corrected chi connectivity index (χ0v) is 19.6. The van der Waals surface area contributed by atoms with Gasteiger partial charge in [0.25, 0.3) is 0 Å². The third-order valence-corrected chi connectivity index (χ3v) is 6.47. The number of carbonyl (C=O) groups excluding carboxylic acids is 2. The molecule has 1 aromatic rings. The van der Waals surface area contributed by atoms with Crippen molar-refractivity contribution < 1.29 is 9.59 Å². The van der Waals surface area contributed by atoms with Crippen molar-refractivity contribution in [3.63, 3.8) is 0 Å². The first-order valence-electron chi connectivity index (χ1n) is 10.5. The van der Waals surface area contributed by atoms with Crippen molar-refractivity contribution in [1.29, 1.82) is 0 Å². The first-order chi connectivity index (χ1) is 13.2. The first kappa shape index (κ1) is 25.9. The minimum Gasteiger partial charge on any atom is -0.348 e. The van der Waals surface area contributed by atoms with Gasteiger partial charge in [0, 0.05) is 17.4 Å². The number of benzene rings is 1. The highest BCUT2D eigenvalue weighted by atomic mass is 35.5. The van der Waals surface area contributed by atoms with Gasteiger partial charge in [-0.1, -0.05) is 57.0 Å². The van der Waals surface area contributed by atoms with Crippen molar-refractivity contribution in [2.45, 2.75) is 71.9 Å². The normalized spacial score (nSPS) is 23.8. The molecular formula is C23H36Cl2N2O2. The number of amides is 1. The topological polar surface area (TPSA) is 72.2 Å². The van der Waals surface area contributed by atoms with Gasteiger partial charge in [0.05, 0.1) is 12.1 Å². The number of hydrogen-bond acceptors (Lipinski definition) is 3. The Morgan fingerprint density at radius 3 is 2.45 bits per heavy atom. The molecule has 0 heterocycles. The van der Waals surface area contributed by atoms with Gasteiger partial charge in [-0.3, -0.25) is 9.59 Å². The summed E-state index contributed by atoms with van der Waals surface area (Å²) in [6.07, 6.45) is 4.29. The van der Waals surface area contributed by atoms with E-state index in [9.17, 15) is 9.59 Å². The van der Waals surface area contributed by atoms with Crippen LogP contribution in [0, 0.1) is 23.7 Å². The van der Waals surface area contributed by atoms with Crippen LogP contribution in [0.4, 0.5) is 0 Å². The Hall–Kier alpha value is -1.10. The molecule has 1 aliphatic rings. The smallest absolute Gasteiger partial charge is 0.237 e. The lowest BCUT2D eigenvalue weighted by Crippen LogP contribution is -2.40. The van der Waals surface area contributed by atoms with Gasteiger partial charge in [0.1, 0.15) is 5.78 Å². The molecule has 1 amide bonds. The molecule has 0 aliphatic heterocycles. The highest BCUT2D eigenvalue weighted by Gasteiger charge is 2.35. The van der Waals surface area contributed by atoms with E-state index in [0.717, 1.165) is 18.4 Å². The molecule has 1 aliphatic carbocycles. The second kappa shape index (κ2) is 11.9. The number of carbonyl (C=O) groups is 2. The van der Waals surface area contributed by atoms with Crippen LogP contribution in [0.5, 0.6) is 0 Å². The summed E-state index contributed by atoms with van der Waals surface area (Å²) in [5.41, 5.74) is 6.56. The summed E-state index contributed by atoms with van der Waals surface area (Å²) in [5, 5.41) is 3.57. The lowest BCUT2D eigenvalue weighted by molar-refractivity contribution is -0.128. The van der Waals surface area contributed by atoms with Crippen LogP contribution in [0.15, 0.2) is 24.3 Å². The standard InChI is InChI=1S/C23H35ClN2O2.ClH/c1-14(2)17-10-9-15(3)13-19(17)22(27)12-11-21(26-23(28)16(4)25)18-7-5-6-8-20(18)24;/h5-8,14-17,19,21H,9-13,25H2,1-4H3,(H,26,28);1H/t15-,16+,17+,19-,21-;/m1./s1. The first-order valence-corrected chi connectivity index (χ1v) is 10.9. The molecule has 164 valence electrons. The fourth-order valence-corrected chi connectivity index (χ4v) is 4.68. The maximum atomic E-state index is 13.1. The van der Waals surface area contributed by atoms with Gasteiger partial charge in [0.2, 0.25) is 5.91 Å². The van der Waals surface area contributed by atoms with Crippen molar-refractivity contribution in [1.82, 2.24) is 5.32 Å². The predicted molar refractivity (Wildman–Crippen MR) is 122 cm³/mol. The van der Waals surface area contributed by atoms with Gasteiger partial charge in [-0.15, -0.1) is 12.4 Å². The van der Waals surface area contributed by atoms with E-state index >= 15 is 0 Å². The lowest BCUT2D eigenvalue weighted by Gasteiger charge is -2.36. The van der Waals surface area contributed by atoms with Gasteiger partial charge in [-0.25, -0.2) is 0 Å². The third kappa shape index (κ3) is 7.27. The number of hydrogen-bond donors (Lipinski definition) is 2. The summed E-state index contributed by atoms with van der Waals surface area (Å²) in [6, 6.07) is 6.55. The SMILES string of the molecule is CC(C)[C@@H]1CC[C@@H](C)C[C@H]1C(=O)CC[C@@H](NC(=O)[C@H](C)N)c1ccccc1Cl.Cl. The minimum atomic E-state index is -0.606. The van der Waals surface area contributed by atoms with Gasteiger partial charge in [-0.2, -0.15) is 0 Å². The molecule has 29 heavy (non-hydrogen) atoms. The zero-order valence-electron chi connectivity index (χ0n) is 18.0.